The van der Waals surface area contributed by atoms with Crippen molar-refractivity contribution in [3.05, 3.63) is 82.9 Å². The van der Waals surface area contributed by atoms with Crippen LogP contribution in [0, 0.1) is 25.2 Å². The minimum Gasteiger partial charge on any atom is -0.497 e. The minimum absolute atomic E-state index is 0.160. The third kappa shape index (κ3) is 5.03. The van der Waals surface area contributed by atoms with Crippen LogP contribution in [0.25, 0.3) is 11.8 Å². The van der Waals surface area contributed by atoms with Gasteiger partial charge in [0.2, 0.25) is 0 Å². The molecule has 3 heterocycles. The zero-order valence-electron chi connectivity index (χ0n) is 19.9. The van der Waals surface area contributed by atoms with Crippen molar-refractivity contribution in [1.29, 1.82) is 5.26 Å². The maximum Gasteiger partial charge on any atom is 0.264 e. The molecule has 1 aromatic carbocycles. The molecule has 1 aliphatic heterocycles. The molecule has 3 aromatic rings. The number of aryl methyl sites for hydroxylation is 1. The number of benzene rings is 1. The summed E-state index contributed by atoms with van der Waals surface area (Å²) in [5.41, 5.74) is 5.06. The van der Waals surface area contributed by atoms with E-state index in [1.54, 1.807) is 24.3 Å². The molecular weight excluding hydrogens is 426 g/mol. The molecule has 1 fully saturated rings. The Bertz CT molecular complexity index is 1210. The molecule has 1 saturated heterocycles. The first-order valence-electron chi connectivity index (χ1n) is 11.4. The van der Waals surface area contributed by atoms with E-state index < -0.39 is 0 Å². The number of nitriles is 1. The molecule has 0 aliphatic carbocycles. The lowest BCUT2D eigenvalue weighted by Gasteiger charge is -2.34. The molecule has 1 amide bonds. The smallest absolute Gasteiger partial charge is 0.264 e. The van der Waals surface area contributed by atoms with Gasteiger partial charge in [-0.2, -0.15) is 5.26 Å². The Morgan fingerprint density at radius 1 is 1.12 bits per heavy atom. The van der Waals surface area contributed by atoms with Crippen LogP contribution in [0.1, 0.15) is 22.6 Å². The molecule has 0 radical (unpaired) electrons. The van der Waals surface area contributed by atoms with Crippen LogP contribution in [0.2, 0.25) is 0 Å². The maximum atomic E-state index is 13.1. The highest BCUT2D eigenvalue weighted by Gasteiger charge is 2.24. The van der Waals surface area contributed by atoms with Gasteiger partial charge in [0.15, 0.2) is 0 Å². The number of carbonyl (C=O) groups is 1. The normalized spacial score (nSPS) is 14.6. The van der Waals surface area contributed by atoms with Gasteiger partial charge in [-0.25, -0.2) is 0 Å². The van der Waals surface area contributed by atoms with Crippen LogP contribution in [0.15, 0.2) is 60.3 Å². The summed E-state index contributed by atoms with van der Waals surface area (Å²) in [4.78, 5) is 21.6. The lowest BCUT2D eigenvalue weighted by Crippen LogP contribution is -2.48. The second-order valence-electron chi connectivity index (χ2n) is 8.42. The van der Waals surface area contributed by atoms with Crippen LogP contribution < -0.4 is 4.74 Å². The predicted octanol–water partition coefficient (Wildman–Crippen LogP) is 3.75. The van der Waals surface area contributed by atoms with Crippen molar-refractivity contribution >= 4 is 12.0 Å². The van der Waals surface area contributed by atoms with Gasteiger partial charge in [0, 0.05) is 56.0 Å². The molecule has 1 aliphatic rings. The molecule has 2 aromatic heterocycles. The number of hydrogen-bond acceptors (Lipinski definition) is 5. The minimum atomic E-state index is -0.214. The number of pyridine rings is 1. The van der Waals surface area contributed by atoms with Crippen molar-refractivity contribution in [1.82, 2.24) is 19.4 Å². The van der Waals surface area contributed by atoms with Crippen molar-refractivity contribution in [2.75, 3.05) is 33.3 Å². The summed E-state index contributed by atoms with van der Waals surface area (Å²) < 4.78 is 7.37. The van der Waals surface area contributed by atoms with Gasteiger partial charge in [0.25, 0.3) is 5.91 Å². The number of piperazine rings is 1. The fraction of sp³-hybridized carbons (Fsp3) is 0.296. The second-order valence-corrected chi connectivity index (χ2v) is 8.42. The van der Waals surface area contributed by atoms with E-state index in [2.05, 4.69) is 20.5 Å². The molecule has 0 unspecified atom stereocenters. The molecule has 0 spiro atoms. The number of nitrogens with zero attached hydrogens (tertiary/aromatic N) is 5. The first kappa shape index (κ1) is 23.3. The van der Waals surface area contributed by atoms with Crippen molar-refractivity contribution < 1.29 is 9.53 Å². The summed E-state index contributed by atoms with van der Waals surface area (Å²) in [6.07, 6.45) is 3.51. The Morgan fingerprint density at radius 3 is 2.47 bits per heavy atom. The molecule has 7 nitrogen and oxygen atoms in total. The van der Waals surface area contributed by atoms with E-state index in [-0.39, 0.29) is 11.5 Å². The van der Waals surface area contributed by atoms with Crippen LogP contribution in [-0.2, 0) is 11.3 Å². The zero-order valence-corrected chi connectivity index (χ0v) is 19.9. The van der Waals surface area contributed by atoms with Gasteiger partial charge in [0.1, 0.15) is 17.4 Å². The summed E-state index contributed by atoms with van der Waals surface area (Å²) in [5.74, 6) is 0.582. The van der Waals surface area contributed by atoms with Gasteiger partial charge in [-0.3, -0.25) is 14.7 Å². The summed E-state index contributed by atoms with van der Waals surface area (Å²) in [7, 11) is 1.64. The van der Waals surface area contributed by atoms with Gasteiger partial charge < -0.3 is 14.2 Å². The molecule has 0 atom stereocenters. The quantitative estimate of drug-likeness (QED) is 0.418. The van der Waals surface area contributed by atoms with Gasteiger partial charge in [-0.15, -0.1) is 0 Å². The van der Waals surface area contributed by atoms with Crippen LogP contribution in [0.4, 0.5) is 0 Å². The lowest BCUT2D eigenvalue weighted by molar-refractivity contribution is -0.128. The summed E-state index contributed by atoms with van der Waals surface area (Å²) >= 11 is 0. The fourth-order valence-corrected chi connectivity index (χ4v) is 4.36. The Labute approximate surface area is 200 Å². The average molecular weight is 456 g/mol. The topological polar surface area (TPSA) is 74.4 Å². The second kappa shape index (κ2) is 10.4. The Morgan fingerprint density at radius 2 is 1.85 bits per heavy atom. The number of hydrogen-bond donors (Lipinski definition) is 0. The van der Waals surface area contributed by atoms with Gasteiger partial charge in [-0.05, 0) is 68.0 Å². The molecule has 174 valence electrons. The molecule has 0 N–H and O–H groups in total. The third-order valence-corrected chi connectivity index (χ3v) is 6.22. The maximum absolute atomic E-state index is 13.1. The van der Waals surface area contributed by atoms with E-state index in [1.807, 2.05) is 62.4 Å². The van der Waals surface area contributed by atoms with Crippen LogP contribution in [-0.4, -0.2) is 58.5 Å². The zero-order chi connectivity index (χ0) is 24.1. The van der Waals surface area contributed by atoms with Gasteiger partial charge >= 0.3 is 0 Å². The molecule has 4 rings (SSSR count). The van der Waals surface area contributed by atoms with Crippen LogP contribution in [0.5, 0.6) is 5.75 Å². The molecule has 0 bridgehead atoms. The van der Waals surface area contributed by atoms with Crippen molar-refractivity contribution in [3.8, 4) is 17.5 Å². The van der Waals surface area contributed by atoms with E-state index in [0.717, 1.165) is 53.7 Å². The Kier molecular flexibility index (Phi) is 7.09. The number of amides is 1. The number of aromatic nitrogens is 2. The van der Waals surface area contributed by atoms with Crippen molar-refractivity contribution in [2.45, 2.75) is 20.4 Å². The summed E-state index contributed by atoms with van der Waals surface area (Å²) in [6.45, 7) is 7.48. The van der Waals surface area contributed by atoms with Crippen molar-refractivity contribution in [3.63, 3.8) is 0 Å². The van der Waals surface area contributed by atoms with Crippen LogP contribution >= 0.6 is 0 Å². The molecular formula is C27H29N5O2. The van der Waals surface area contributed by atoms with Crippen LogP contribution in [0.3, 0.4) is 0 Å². The highest BCUT2D eigenvalue weighted by Crippen LogP contribution is 2.25. The molecule has 0 saturated carbocycles. The van der Waals surface area contributed by atoms with Gasteiger partial charge in [0.05, 0.1) is 12.8 Å². The number of ether oxygens (including phenoxy) is 1. The number of carbonyl (C=O) groups excluding carboxylic acids is 1. The first-order chi connectivity index (χ1) is 16.5. The third-order valence-electron chi connectivity index (χ3n) is 6.22. The standard InChI is InChI=1S/C27H29N5O2/c1-20-16-22(21(2)32(20)25-7-9-26(34-3)10-8-25)17-23(18-28)27(33)31-14-12-30(13-15-31)19-24-6-4-5-11-29-24/h4-11,16-17H,12-15,19H2,1-3H3/b23-17-. The predicted molar refractivity (Wildman–Crippen MR) is 131 cm³/mol. The summed E-state index contributed by atoms with van der Waals surface area (Å²) in [5, 5.41) is 9.77. The molecule has 7 heteroatoms. The lowest BCUT2D eigenvalue weighted by atomic mass is 10.1. The Balaban J connectivity index is 1.47. The highest BCUT2D eigenvalue weighted by molar-refractivity contribution is 6.02. The summed E-state index contributed by atoms with van der Waals surface area (Å²) in [6, 6.07) is 17.9. The largest absolute Gasteiger partial charge is 0.497 e. The van der Waals surface area contributed by atoms with E-state index in [4.69, 9.17) is 4.74 Å². The SMILES string of the molecule is COc1ccc(-n2c(C)cc(/C=C(/C#N)C(=O)N3CCN(Cc4ccccn4)CC3)c2C)cc1. The van der Waals surface area contributed by atoms with Gasteiger partial charge in [-0.1, -0.05) is 6.07 Å². The molecule has 34 heavy (non-hydrogen) atoms. The van der Waals surface area contributed by atoms with E-state index in [9.17, 15) is 10.1 Å². The monoisotopic (exact) mass is 455 g/mol. The first-order valence-corrected chi connectivity index (χ1v) is 11.4. The van der Waals surface area contributed by atoms with E-state index in [1.165, 1.54) is 0 Å². The number of rotatable bonds is 6. The Hall–Kier alpha value is -3.89. The fourth-order valence-electron chi connectivity index (χ4n) is 4.36. The van der Waals surface area contributed by atoms with E-state index >= 15 is 0 Å². The average Bonchev–Trinajstić information content (AvgIpc) is 3.15. The number of methoxy groups -OCH3 is 1. The highest BCUT2D eigenvalue weighted by atomic mass is 16.5. The van der Waals surface area contributed by atoms with Crippen molar-refractivity contribution in [2.24, 2.45) is 0 Å². The van der Waals surface area contributed by atoms with E-state index in [0.29, 0.717) is 13.1 Å².